The third kappa shape index (κ3) is 3.46. The molecule has 1 aromatic heterocycles. The largest absolute Gasteiger partial charge is 0.325 e. The zero-order valence-electron chi connectivity index (χ0n) is 14.2. The number of carbonyl (C=O) groups excluding carboxylic acids is 2. The third-order valence-electron chi connectivity index (χ3n) is 4.39. The van der Waals surface area contributed by atoms with Gasteiger partial charge in [-0.1, -0.05) is 53.0 Å². The first-order valence-electron chi connectivity index (χ1n) is 8.32. The molecule has 142 valence electrons. The van der Waals surface area contributed by atoms with Crippen molar-refractivity contribution < 1.29 is 9.59 Å². The molecule has 0 bridgehead atoms. The van der Waals surface area contributed by atoms with Gasteiger partial charge < -0.3 is 10.6 Å². The SMILES string of the molecule is O=C(CC1C(=O)Nc2c(-c3ccc(Cl)cc3)cnn21)Nc1cccc(Cl)c1Cl. The molecule has 0 saturated heterocycles. The number of nitrogens with one attached hydrogen (secondary N) is 2. The van der Waals surface area contributed by atoms with E-state index in [2.05, 4.69) is 15.7 Å². The minimum atomic E-state index is -0.756. The van der Waals surface area contributed by atoms with Crippen LogP contribution in [-0.4, -0.2) is 21.6 Å². The number of halogens is 3. The molecular formula is C19H13Cl3N4O2. The van der Waals surface area contributed by atoms with Gasteiger partial charge in [0.15, 0.2) is 0 Å². The number of rotatable bonds is 4. The zero-order chi connectivity index (χ0) is 19.8. The maximum atomic E-state index is 12.5. The smallest absolute Gasteiger partial charge is 0.251 e. The highest BCUT2D eigenvalue weighted by Crippen LogP contribution is 2.36. The van der Waals surface area contributed by atoms with Gasteiger partial charge in [0.25, 0.3) is 5.91 Å². The molecule has 1 atom stereocenters. The van der Waals surface area contributed by atoms with Crippen LogP contribution in [0.15, 0.2) is 48.7 Å². The second kappa shape index (κ2) is 7.47. The highest BCUT2D eigenvalue weighted by molar-refractivity contribution is 6.44. The van der Waals surface area contributed by atoms with Crippen molar-refractivity contribution in [3.63, 3.8) is 0 Å². The van der Waals surface area contributed by atoms with Crippen LogP contribution >= 0.6 is 34.8 Å². The lowest BCUT2D eigenvalue weighted by Gasteiger charge is -2.11. The van der Waals surface area contributed by atoms with Crippen molar-refractivity contribution >= 4 is 58.1 Å². The first-order chi connectivity index (χ1) is 13.4. The van der Waals surface area contributed by atoms with E-state index in [1.165, 1.54) is 4.68 Å². The predicted octanol–water partition coefficient (Wildman–Crippen LogP) is 5.03. The summed E-state index contributed by atoms with van der Waals surface area (Å²) in [5.41, 5.74) is 2.01. The Morgan fingerprint density at radius 2 is 1.89 bits per heavy atom. The maximum Gasteiger partial charge on any atom is 0.251 e. The summed E-state index contributed by atoms with van der Waals surface area (Å²) in [4.78, 5) is 24.9. The molecule has 9 heteroatoms. The molecule has 0 spiro atoms. The molecule has 1 unspecified atom stereocenters. The van der Waals surface area contributed by atoms with Crippen molar-refractivity contribution in [2.24, 2.45) is 0 Å². The zero-order valence-corrected chi connectivity index (χ0v) is 16.5. The Balaban J connectivity index is 1.54. The summed E-state index contributed by atoms with van der Waals surface area (Å²) in [5, 5.41) is 11.0. The lowest BCUT2D eigenvalue weighted by Crippen LogP contribution is -2.23. The van der Waals surface area contributed by atoms with E-state index in [0.29, 0.717) is 21.6 Å². The number of benzene rings is 2. The van der Waals surface area contributed by atoms with Crippen molar-refractivity contribution in [2.75, 3.05) is 10.6 Å². The van der Waals surface area contributed by atoms with E-state index in [9.17, 15) is 9.59 Å². The molecule has 6 nitrogen and oxygen atoms in total. The Morgan fingerprint density at radius 3 is 2.64 bits per heavy atom. The van der Waals surface area contributed by atoms with Crippen LogP contribution in [0.4, 0.5) is 11.5 Å². The van der Waals surface area contributed by atoms with Crippen molar-refractivity contribution in [3.05, 3.63) is 63.7 Å². The number of carbonyl (C=O) groups is 2. The number of aromatic nitrogens is 2. The van der Waals surface area contributed by atoms with E-state index >= 15 is 0 Å². The highest BCUT2D eigenvalue weighted by Gasteiger charge is 2.35. The maximum absolute atomic E-state index is 12.5. The summed E-state index contributed by atoms with van der Waals surface area (Å²) in [6.45, 7) is 0. The van der Waals surface area contributed by atoms with Crippen molar-refractivity contribution in [1.29, 1.82) is 0 Å². The number of hydrogen-bond acceptors (Lipinski definition) is 3. The van der Waals surface area contributed by atoms with Gasteiger partial charge in [-0.25, -0.2) is 4.68 Å². The molecule has 2 heterocycles. The van der Waals surface area contributed by atoms with Gasteiger partial charge in [0.05, 0.1) is 28.4 Å². The summed E-state index contributed by atoms with van der Waals surface area (Å²) in [7, 11) is 0. The quantitative estimate of drug-likeness (QED) is 0.603. The Labute approximate surface area is 175 Å². The second-order valence-corrected chi connectivity index (χ2v) is 7.44. The van der Waals surface area contributed by atoms with Gasteiger partial charge in [0, 0.05) is 10.6 Å². The van der Waals surface area contributed by atoms with Gasteiger partial charge in [-0.2, -0.15) is 5.10 Å². The van der Waals surface area contributed by atoms with E-state index in [1.807, 2.05) is 12.1 Å². The summed E-state index contributed by atoms with van der Waals surface area (Å²) in [5.74, 6) is -0.128. The molecule has 2 amide bonds. The van der Waals surface area contributed by atoms with Crippen LogP contribution in [0.5, 0.6) is 0 Å². The topological polar surface area (TPSA) is 76.0 Å². The van der Waals surface area contributed by atoms with Gasteiger partial charge >= 0.3 is 0 Å². The Bertz CT molecular complexity index is 1080. The molecule has 2 N–H and O–H groups in total. The standard InChI is InChI=1S/C19H13Cl3N4O2/c20-11-6-4-10(5-7-11)12-9-23-26-15(19(28)25-18(12)26)8-16(27)24-14-3-1-2-13(21)17(14)22/h1-7,9,15H,8H2,(H,24,27)(H,25,28). The number of amides is 2. The second-order valence-electron chi connectivity index (χ2n) is 6.22. The first-order valence-corrected chi connectivity index (χ1v) is 9.45. The van der Waals surface area contributed by atoms with Crippen molar-refractivity contribution in [3.8, 4) is 11.1 Å². The number of nitrogens with zero attached hydrogens (tertiary/aromatic N) is 2. The number of fused-ring (bicyclic) bond motifs is 1. The highest BCUT2D eigenvalue weighted by atomic mass is 35.5. The van der Waals surface area contributed by atoms with Crippen molar-refractivity contribution in [2.45, 2.75) is 12.5 Å². The average Bonchev–Trinajstić information content (AvgIpc) is 3.20. The Morgan fingerprint density at radius 1 is 1.14 bits per heavy atom. The van der Waals surface area contributed by atoms with Crippen LogP contribution in [0.3, 0.4) is 0 Å². The fourth-order valence-corrected chi connectivity index (χ4v) is 3.51. The van der Waals surface area contributed by atoms with Crippen LogP contribution in [0.25, 0.3) is 11.1 Å². The Kier molecular flexibility index (Phi) is 5.02. The van der Waals surface area contributed by atoms with Gasteiger partial charge in [-0.15, -0.1) is 0 Å². The molecule has 1 aliphatic rings. The molecule has 2 aromatic carbocycles. The summed E-state index contributed by atoms with van der Waals surface area (Å²) < 4.78 is 1.52. The van der Waals surface area contributed by atoms with Crippen molar-refractivity contribution in [1.82, 2.24) is 9.78 Å². The third-order valence-corrected chi connectivity index (χ3v) is 5.47. The molecular weight excluding hydrogens is 423 g/mol. The molecule has 0 fully saturated rings. The first kappa shape index (κ1) is 18.8. The molecule has 0 radical (unpaired) electrons. The summed E-state index contributed by atoms with van der Waals surface area (Å²) in [6.07, 6.45) is 1.56. The van der Waals surface area contributed by atoms with E-state index in [-0.39, 0.29) is 23.3 Å². The van der Waals surface area contributed by atoms with Gasteiger partial charge in [-0.05, 0) is 29.8 Å². The monoisotopic (exact) mass is 434 g/mol. The van der Waals surface area contributed by atoms with Crippen LogP contribution in [-0.2, 0) is 9.59 Å². The lowest BCUT2D eigenvalue weighted by atomic mass is 10.1. The molecule has 1 aliphatic heterocycles. The van der Waals surface area contributed by atoms with Crippen LogP contribution in [0.1, 0.15) is 12.5 Å². The average molecular weight is 436 g/mol. The van der Waals surface area contributed by atoms with E-state index in [4.69, 9.17) is 34.8 Å². The molecule has 0 saturated carbocycles. The fraction of sp³-hybridized carbons (Fsp3) is 0.105. The normalized spacial score (nSPS) is 15.2. The van der Waals surface area contributed by atoms with Gasteiger partial charge in [-0.3, -0.25) is 9.59 Å². The van der Waals surface area contributed by atoms with E-state index in [1.54, 1.807) is 36.5 Å². The Hall–Kier alpha value is -2.54. The minimum absolute atomic E-state index is 0.0938. The minimum Gasteiger partial charge on any atom is -0.325 e. The summed E-state index contributed by atoms with van der Waals surface area (Å²) >= 11 is 18.0. The van der Waals surface area contributed by atoms with Crippen LogP contribution in [0.2, 0.25) is 15.1 Å². The molecule has 3 aromatic rings. The lowest BCUT2D eigenvalue weighted by molar-refractivity contribution is -0.123. The van der Waals surface area contributed by atoms with E-state index < -0.39 is 6.04 Å². The molecule has 0 aliphatic carbocycles. The predicted molar refractivity (Wildman–Crippen MR) is 110 cm³/mol. The molecule has 4 rings (SSSR count). The number of hydrogen-bond donors (Lipinski definition) is 2. The molecule has 28 heavy (non-hydrogen) atoms. The van der Waals surface area contributed by atoms with E-state index in [0.717, 1.165) is 11.1 Å². The van der Waals surface area contributed by atoms with Gasteiger partial charge in [0.1, 0.15) is 11.9 Å². The van der Waals surface area contributed by atoms with Crippen LogP contribution < -0.4 is 10.6 Å². The fourth-order valence-electron chi connectivity index (χ4n) is 3.03. The van der Waals surface area contributed by atoms with Gasteiger partial charge in [0.2, 0.25) is 5.91 Å². The summed E-state index contributed by atoms with van der Waals surface area (Å²) in [6, 6.07) is 11.4. The van der Waals surface area contributed by atoms with Crippen LogP contribution in [0, 0.1) is 0 Å². The number of anilines is 2.